The molecule has 0 aliphatic rings. The molecule has 118 valence electrons. The number of hydrogen-bond donors (Lipinski definition) is 1. The highest BCUT2D eigenvalue weighted by molar-refractivity contribution is 6.38. The standard InChI is InChI=1S/C20H15NO3/c22-19(20(23)24)21(16-10-4-1-5-11-16,17-12-6-2-7-13-17)18-14-8-3-9-15-18/h1-15H/p+1. The predicted molar refractivity (Wildman–Crippen MR) is 93.1 cm³/mol. The van der Waals surface area contributed by atoms with Gasteiger partial charge in [-0.1, -0.05) is 54.6 Å². The number of amides is 1. The number of aliphatic carboxylic acids is 1. The van der Waals surface area contributed by atoms with Gasteiger partial charge in [0.1, 0.15) is 0 Å². The molecule has 0 aromatic heterocycles. The van der Waals surface area contributed by atoms with E-state index in [0.717, 1.165) is 0 Å². The summed E-state index contributed by atoms with van der Waals surface area (Å²) in [5, 5.41) is 9.54. The Morgan fingerprint density at radius 2 is 0.875 bits per heavy atom. The number of benzene rings is 3. The summed E-state index contributed by atoms with van der Waals surface area (Å²) in [7, 11) is 0. The SMILES string of the molecule is O=C(O)C(=O)[N+](c1ccccc1)(c1ccccc1)c1ccccc1. The number of carboxylic acids is 1. The molecule has 3 aromatic carbocycles. The fourth-order valence-electron chi connectivity index (χ4n) is 2.90. The quantitative estimate of drug-likeness (QED) is 0.579. The van der Waals surface area contributed by atoms with Crippen LogP contribution in [0, 0.1) is 0 Å². The Bertz CT molecular complexity index is 749. The van der Waals surface area contributed by atoms with Crippen molar-refractivity contribution in [3.8, 4) is 0 Å². The lowest BCUT2D eigenvalue weighted by atomic mass is 10.1. The molecule has 1 N–H and O–H groups in total. The van der Waals surface area contributed by atoms with Crippen molar-refractivity contribution in [2.75, 3.05) is 0 Å². The number of carbonyl (C=O) groups is 2. The van der Waals surface area contributed by atoms with E-state index in [9.17, 15) is 14.7 Å². The maximum Gasteiger partial charge on any atom is 0.438 e. The van der Waals surface area contributed by atoms with E-state index >= 15 is 0 Å². The van der Waals surface area contributed by atoms with Gasteiger partial charge < -0.3 is 5.11 Å². The Labute approximate surface area is 139 Å². The smallest absolute Gasteiger partial charge is 0.438 e. The van der Waals surface area contributed by atoms with Crippen molar-refractivity contribution in [3.05, 3.63) is 91.0 Å². The van der Waals surface area contributed by atoms with Crippen molar-refractivity contribution >= 4 is 28.9 Å². The fourth-order valence-corrected chi connectivity index (χ4v) is 2.90. The fraction of sp³-hybridized carbons (Fsp3) is 0. The van der Waals surface area contributed by atoms with E-state index in [1.165, 1.54) is 0 Å². The zero-order chi connectivity index (χ0) is 17.0. The molecule has 0 radical (unpaired) electrons. The maximum absolute atomic E-state index is 12.9. The second kappa shape index (κ2) is 6.48. The average Bonchev–Trinajstić information content (AvgIpc) is 2.65. The zero-order valence-electron chi connectivity index (χ0n) is 12.9. The summed E-state index contributed by atoms with van der Waals surface area (Å²) in [6, 6.07) is 26.9. The molecule has 0 fully saturated rings. The molecule has 0 aliphatic heterocycles. The van der Waals surface area contributed by atoms with Gasteiger partial charge >= 0.3 is 11.9 Å². The van der Waals surface area contributed by atoms with Gasteiger partial charge in [0.25, 0.3) is 0 Å². The van der Waals surface area contributed by atoms with E-state index in [0.29, 0.717) is 17.1 Å². The van der Waals surface area contributed by atoms with Crippen LogP contribution < -0.4 is 4.48 Å². The van der Waals surface area contributed by atoms with Gasteiger partial charge in [0, 0.05) is 36.4 Å². The number of para-hydroxylation sites is 3. The van der Waals surface area contributed by atoms with E-state index in [4.69, 9.17) is 0 Å². The minimum Gasteiger partial charge on any atom is -0.471 e. The van der Waals surface area contributed by atoms with Gasteiger partial charge in [0.05, 0.1) is 0 Å². The van der Waals surface area contributed by atoms with Gasteiger partial charge in [-0.3, -0.25) is 0 Å². The molecule has 0 unspecified atom stereocenters. The van der Waals surface area contributed by atoms with Crippen LogP contribution in [0.2, 0.25) is 0 Å². The Kier molecular flexibility index (Phi) is 4.22. The molecular formula is C20H16NO3+. The molecule has 0 spiro atoms. The molecule has 0 heterocycles. The number of rotatable bonds is 3. The minimum atomic E-state index is -1.48. The van der Waals surface area contributed by atoms with Crippen molar-refractivity contribution in [1.29, 1.82) is 0 Å². The largest absolute Gasteiger partial charge is 0.471 e. The first-order valence-electron chi connectivity index (χ1n) is 7.51. The Hall–Kier alpha value is -3.24. The first-order chi connectivity index (χ1) is 11.7. The van der Waals surface area contributed by atoms with Crippen molar-refractivity contribution in [2.45, 2.75) is 0 Å². The van der Waals surface area contributed by atoms with Crippen molar-refractivity contribution in [2.24, 2.45) is 0 Å². The number of carboxylic acid groups (broad SMARTS) is 1. The van der Waals surface area contributed by atoms with E-state index < -0.39 is 16.4 Å². The van der Waals surface area contributed by atoms with Crippen LogP contribution in [0.4, 0.5) is 17.1 Å². The Balaban J connectivity index is 2.42. The summed E-state index contributed by atoms with van der Waals surface area (Å²) in [4.78, 5) is 24.6. The van der Waals surface area contributed by atoms with Gasteiger partial charge in [-0.2, -0.15) is 4.48 Å². The summed E-state index contributed by atoms with van der Waals surface area (Å²) in [5.41, 5.74) is 1.71. The summed E-state index contributed by atoms with van der Waals surface area (Å²) >= 11 is 0. The summed E-state index contributed by atoms with van der Waals surface area (Å²) in [6.07, 6.45) is 0. The maximum atomic E-state index is 12.9. The van der Waals surface area contributed by atoms with Crippen LogP contribution in [0.25, 0.3) is 0 Å². The third-order valence-electron chi connectivity index (χ3n) is 3.92. The number of hydrogen-bond acceptors (Lipinski definition) is 2. The third-order valence-corrected chi connectivity index (χ3v) is 3.92. The highest BCUT2D eigenvalue weighted by atomic mass is 16.4. The lowest BCUT2D eigenvalue weighted by Gasteiger charge is -2.33. The van der Waals surface area contributed by atoms with Gasteiger partial charge in [0.2, 0.25) is 0 Å². The van der Waals surface area contributed by atoms with E-state index in [2.05, 4.69) is 0 Å². The van der Waals surface area contributed by atoms with Gasteiger partial charge in [0.15, 0.2) is 17.1 Å². The number of quaternary nitrogens is 1. The number of nitrogens with zero attached hydrogens (tertiary/aromatic N) is 1. The van der Waals surface area contributed by atoms with Crippen LogP contribution in [-0.2, 0) is 9.59 Å². The van der Waals surface area contributed by atoms with Crippen LogP contribution in [0.15, 0.2) is 91.0 Å². The van der Waals surface area contributed by atoms with Crippen LogP contribution in [0.1, 0.15) is 0 Å². The molecule has 3 rings (SSSR count). The molecule has 3 aromatic rings. The van der Waals surface area contributed by atoms with Crippen LogP contribution in [0.3, 0.4) is 0 Å². The molecular weight excluding hydrogens is 302 g/mol. The first kappa shape index (κ1) is 15.6. The highest BCUT2D eigenvalue weighted by Gasteiger charge is 2.48. The van der Waals surface area contributed by atoms with Gasteiger partial charge in [-0.25, -0.2) is 9.59 Å². The molecule has 4 heteroatoms. The molecule has 0 aliphatic carbocycles. The topological polar surface area (TPSA) is 54.4 Å². The second-order valence-electron chi connectivity index (χ2n) is 5.29. The van der Waals surface area contributed by atoms with E-state index in [-0.39, 0.29) is 0 Å². The van der Waals surface area contributed by atoms with E-state index in [1.807, 2.05) is 18.2 Å². The second-order valence-corrected chi connectivity index (χ2v) is 5.29. The molecule has 24 heavy (non-hydrogen) atoms. The molecule has 4 nitrogen and oxygen atoms in total. The first-order valence-corrected chi connectivity index (χ1v) is 7.51. The lowest BCUT2D eigenvalue weighted by molar-refractivity contribution is -0.152. The van der Waals surface area contributed by atoms with Crippen LogP contribution >= 0.6 is 0 Å². The van der Waals surface area contributed by atoms with Crippen molar-refractivity contribution < 1.29 is 14.7 Å². The number of carbonyl (C=O) groups excluding carboxylic acids is 1. The van der Waals surface area contributed by atoms with Crippen molar-refractivity contribution in [3.63, 3.8) is 0 Å². The lowest BCUT2D eigenvalue weighted by Crippen LogP contribution is -2.49. The zero-order valence-corrected chi connectivity index (χ0v) is 12.9. The minimum absolute atomic E-state index is 0.502. The third kappa shape index (κ3) is 2.49. The normalized spacial score (nSPS) is 11.0. The van der Waals surface area contributed by atoms with Crippen LogP contribution in [0.5, 0.6) is 0 Å². The average molecular weight is 318 g/mol. The van der Waals surface area contributed by atoms with Gasteiger partial charge in [-0.15, -0.1) is 0 Å². The predicted octanol–water partition coefficient (Wildman–Crippen LogP) is 4.27. The highest BCUT2D eigenvalue weighted by Crippen LogP contribution is 2.43. The summed E-state index contributed by atoms with van der Waals surface area (Å²) < 4.78 is -0.502. The van der Waals surface area contributed by atoms with Crippen molar-refractivity contribution in [1.82, 2.24) is 4.48 Å². The summed E-state index contributed by atoms with van der Waals surface area (Å²) in [6.45, 7) is 0. The van der Waals surface area contributed by atoms with Gasteiger partial charge in [-0.05, 0) is 0 Å². The molecule has 0 atom stereocenters. The molecule has 0 saturated carbocycles. The van der Waals surface area contributed by atoms with E-state index in [1.54, 1.807) is 72.8 Å². The van der Waals surface area contributed by atoms with Crippen LogP contribution in [-0.4, -0.2) is 17.0 Å². The molecule has 0 bridgehead atoms. The summed E-state index contributed by atoms with van der Waals surface area (Å²) in [5.74, 6) is -2.41. The Morgan fingerprint density at radius 1 is 0.583 bits per heavy atom. The molecule has 0 saturated heterocycles. The monoisotopic (exact) mass is 318 g/mol. The Morgan fingerprint density at radius 3 is 1.12 bits per heavy atom. The molecule has 1 amide bonds.